The molecule has 61 heavy (non-hydrogen) atoms. The highest BCUT2D eigenvalue weighted by molar-refractivity contribution is 7.14. The third-order valence-electron chi connectivity index (χ3n) is 10.0. The van der Waals surface area contributed by atoms with E-state index in [1.807, 2.05) is 60.7 Å². The van der Waals surface area contributed by atoms with Gasteiger partial charge in [-0.25, -0.2) is 26.8 Å². The van der Waals surface area contributed by atoms with Gasteiger partial charge in [0.2, 0.25) is 11.5 Å². The van der Waals surface area contributed by atoms with Gasteiger partial charge < -0.3 is 29.0 Å². The highest BCUT2D eigenvalue weighted by Crippen LogP contribution is 2.51. The summed E-state index contributed by atoms with van der Waals surface area (Å²) in [6, 6.07) is 18.8. The molecule has 1 unspecified atom stereocenters. The number of hydrogen-bond acceptors (Lipinski definition) is 9. The van der Waals surface area contributed by atoms with Gasteiger partial charge in [0, 0.05) is 42.6 Å². The minimum absolute atomic E-state index is 0.116. The summed E-state index contributed by atoms with van der Waals surface area (Å²) < 4.78 is 98.3. The van der Waals surface area contributed by atoms with Crippen LogP contribution >= 0.6 is 11.3 Å². The van der Waals surface area contributed by atoms with Crippen LogP contribution in [-0.4, -0.2) is 38.0 Å². The maximum atomic E-state index is 15.4. The van der Waals surface area contributed by atoms with E-state index in [0.717, 1.165) is 56.1 Å². The smallest absolute Gasteiger partial charge is 0.237 e. The molecule has 3 aromatic carbocycles. The molecule has 0 radical (unpaired) electrons. The molecule has 9 nitrogen and oxygen atoms in total. The van der Waals surface area contributed by atoms with E-state index in [0.29, 0.717) is 40.0 Å². The lowest BCUT2D eigenvalue weighted by atomic mass is 9.86. The van der Waals surface area contributed by atoms with Crippen LogP contribution in [0.1, 0.15) is 66.0 Å². The zero-order chi connectivity index (χ0) is 43.7. The first kappa shape index (κ1) is 44.0. The Hall–Kier alpha value is -6.60. The molecule has 0 bridgehead atoms. The second kappa shape index (κ2) is 19.6. The Bertz CT molecular complexity index is 2510. The number of rotatable bonds is 16. The monoisotopic (exact) mass is 854 g/mol. The average molecular weight is 855 g/mol. The van der Waals surface area contributed by atoms with Gasteiger partial charge >= 0.3 is 0 Å². The summed E-state index contributed by atoms with van der Waals surface area (Å²) in [5.74, 6) is -10.7. The van der Waals surface area contributed by atoms with E-state index in [2.05, 4.69) is 16.7 Å². The fraction of sp³-hybridized carbons (Fsp3) is 0.283. The molecule has 0 fully saturated rings. The Balaban J connectivity index is 1.42. The summed E-state index contributed by atoms with van der Waals surface area (Å²) in [6.07, 6.45) is 9.79. The van der Waals surface area contributed by atoms with Crippen LogP contribution in [0, 0.1) is 58.3 Å². The lowest BCUT2D eigenvalue weighted by Gasteiger charge is -2.29. The van der Waals surface area contributed by atoms with Crippen LogP contribution in [-0.2, 0) is 16.9 Å². The molecule has 314 valence electrons. The lowest BCUT2D eigenvalue weighted by Crippen LogP contribution is -2.28. The quantitative estimate of drug-likeness (QED) is 0.0296. The van der Waals surface area contributed by atoms with E-state index in [4.69, 9.17) is 25.5 Å². The number of thiophene rings is 1. The van der Waals surface area contributed by atoms with Gasteiger partial charge in [-0.05, 0) is 62.1 Å². The highest BCUT2D eigenvalue weighted by Gasteiger charge is 2.49. The van der Waals surface area contributed by atoms with Gasteiger partial charge in [0.1, 0.15) is 37.7 Å². The third kappa shape index (κ3) is 9.12. The number of nitrogens with zero attached hydrogens (tertiary/aromatic N) is 4. The second-order valence-corrected chi connectivity index (χ2v) is 15.1. The van der Waals surface area contributed by atoms with Crippen LogP contribution in [0.4, 0.5) is 27.6 Å². The number of aliphatic hydroxyl groups excluding tert-OH is 1. The van der Waals surface area contributed by atoms with Gasteiger partial charge in [-0.1, -0.05) is 49.8 Å². The lowest BCUT2D eigenvalue weighted by molar-refractivity contribution is 0.0659. The predicted octanol–water partition coefficient (Wildman–Crippen LogP) is 10.8. The number of hydrogen-bond donors (Lipinski definition) is 1. The Morgan fingerprint density at radius 3 is 2.11 bits per heavy atom. The molecule has 15 heteroatoms. The third-order valence-corrected chi connectivity index (χ3v) is 11.1. The molecule has 0 spiro atoms. The summed E-state index contributed by atoms with van der Waals surface area (Å²) in [7, 11) is 0. The summed E-state index contributed by atoms with van der Waals surface area (Å²) in [4.78, 5) is 6.65. The van der Waals surface area contributed by atoms with E-state index < -0.39 is 57.3 Å². The van der Waals surface area contributed by atoms with Crippen molar-refractivity contribution in [3.63, 3.8) is 0 Å². The van der Waals surface area contributed by atoms with E-state index in [1.54, 1.807) is 12.1 Å². The van der Waals surface area contributed by atoms with Crippen molar-refractivity contribution in [2.45, 2.75) is 51.7 Å². The molecule has 0 amide bonds. The number of aliphatic hydroxyl groups is 1. The molecule has 1 aromatic heterocycles. The van der Waals surface area contributed by atoms with E-state index in [-0.39, 0.29) is 25.4 Å². The van der Waals surface area contributed by atoms with Gasteiger partial charge in [0.25, 0.3) is 0 Å². The number of halogens is 5. The Labute approximate surface area is 353 Å². The number of allylic oxidation sites excluding steroid dienone is 1. The van der Waals surface area contributed by atoms with Gasteiger partial charge in [-0.2, -0.15) is 10.5 Å². The normalized spacial score (nSPS) is 15.8. The van der Waals surface area contributed by atoms with Gasteiger partial charge in [-0.3, -0.25) is 0 Å². The Morgan fingerprint density at radius 1 is 0.885 bits per heavy atom. The maximum Gasteiger partial charge on any atom is 0.237 e. The number of nitriles is 2. The first-order chi connectivity index (χ1) is 29.5. The number of ether oxygens (including phenoxy) is 4. The van der Waals surface area contributed by atoms with Gasteiger partial charge in [0.05, 0.1) is 21.9 Å². The number of benzene rings is 3. The van der Waals surface area contributed by atoms with E-state index >= 15 is 8.78 Å². The fourth-order valence-corrected chi connectivity index (χ4v) is 7.90. The van der Waals surface area contributed by atoms with Crippen LogP contribution in [0.25, 0.3) is 23.1 Å². The van der Waals surface area contributed by atoms with Crippen molar-refractivity contribution in [1.82, 2.24) is 0 Å². The zero-order valence-electron chi connectivity index (χ0n) is 33.2. The first-order valence-corrected chi connectivity index (χ1v) is 20.2. The Kier molecular flexibility index (Phi) is 14.2. The molecular formula is C46H39F5N4O5S. The summed E-state index contributed by atoms with van der Waals surface area (Å²) in [6.45, 7) is 13.4. The summed E-state index contributed by atoms with van der Waals surface area (Å²) in [5.41, 5.74) is -2.97. The first-order valence-electron chi connectivity index (χ1n) is 19.3. The molecule has 0 aliphatic carbocycles. The van der Waals surface area contributed by atoms with Crippen molar-refractivity contribution in [3.05, 3.63) is 144 Å². The molecule has 4 aromatic rings. The van der Waals surface area contributed by atoms with Crippen molar-refractivity contribution in [2.75, 3.05) is 37.8 Å². The largest absolute Gasteiger partial charge is 0.488 e. The molecule has 6 rings (SSSR count). The molecular weight excluding hydrogens is 816 g/mol. The molecule has 0 saturated heterocycles. The molecule has 1 N–H and O–H groups in total. The predicted molar refractivity (Wildman–Crippen MR) is 220 cm³/mol. The minimum atomic E-state index is -2.57. The van der Waals surface area contributed by atoms with Crippen LogP contribution in [0.2, 0.25) is 0 Å². The number of unbranched alkanes of at least 4 members (excludes halogenated alkanes) is 2. The molecule has 2 aliphatic rings. The fourth-order valence-electron chi connectivity index (χ4n) is 6.90. The maximum absolute atomic E-state index is 15.4. The van der Waals surface area contributed by atoms with Crippen molar-refractivity contribution < 1.29 is 46.0 Å². The van der Waals surface area contributed by atoms with Crippen molar-refractivity contribution in [1.29, 1.82) is 10.5 Å². The minimum Gasteiger partial charge on any atom is -0.488 e. The SMILES string of the molecule is [C-]#[N+]C1=C(/C=C/c2sc(/C=C/c3ccc(N(CCCC)CCCCO)cc3OCc3ccccc3)c3c2OCCO3)C(C)(c2c(F)c(F)c(F)c(F)c2F)OC1=C(C#N)C#N. The van der Waals surface area contributed by atoms with Crippen molar-refractivity contribution in [2.24, 2.45) is 0 Å². The zero-order valence-corrected chi connectivity index (χ0v) is 34.0. The highest BCUT2D eigenvalue weighted by atomic mass is 32.1. The standard InChI is InChI=1S/C46H39F5N4O5S/c1-4-5-19-55(20-9-10-21-56)31-15-13-29(33(24-31)59-27-28-11-7-6-8-12-28)14-17-34-44-45(58-23-22-57-44)35(61-34)18-16-32-42(54-3)43(30(25-52)26-53)60-46(32,2)36-37(47)39(49)41(51)40(50)38(36)48/h6-8,11-18,24,56H,4-5,9-10,19-23,27H2,1-2H3/b17-14+,18-16+. The van der Waals surface area contributed by atoms with Gasteiger partial charge in [-0.15, -0.1) is 11.3 Å². The number of fused-ring (bicyclic) bond motifs is 1. The number of anilines is 1. The van der Waals surface area contributed by atoms with E-state index in [1.165, 1.54) is 23.5 Å². The summed E-state index contributed by atoms with van der Waals surface area (Å²) >= 11 is 1.19. The average Bonchev–Trinajstić information content (AvgIpc) is 3.78. The Morgan fingerprint density at radius 2 is 1.51 bits per heavy atom. The molecule has 2 aliphatic heterocycles. The van der Waals surface area contributed by atoms with Gasteiger partial charge in [0.15, 0.2) is 51.7 Å². The topological polar surface area (TPSA) is 112 Å². The van der Waals surface area contributed by atoms with Crippen LogP contribution in [0.15, 0.2) is 77.2 Å². The molecule has 0 saturated carbocycles. The van der Waals surface area contributed by atoms with Crippen molar-refractivity contribution >= 4 is 35.3 Å². The molecule has 1 atom stereocenters. The van der Waals surface area contributed by atoms with Crippen molar-refractivity contribution in [3.8, 4) is 29.4 Å². The van der Waals surface area contributed by atoms with E-state index in [9.17, 15) is 28.8 Å². The second-order valence-electron chi connectivity index (χ2n) is 14.0. The van der Waals surface area contributed by atoms with Crippen LogP contribution in [0.3, 0.4) is 0 Å². The summed E-state index contributed by atoms with van der Waals surface area (Å²) in [5, 5.41) is 28.6. The molecule has 3 heterocycles. The van der Waals surface area contributed by atoms with Crippen LogP contribution in [0.5, 0.6) is 17.2 Å². The van der Waals surface area contributed by atoms with Crippen LogP contribution < -0.4 is 19.1 Å².